The van der Waals surface area contributed by atoms with Crippen molar-refractivity contribution in [3.8, 4) is 0 Å². The molecule has 22 N–H and O–H groups in total. The molecular formula is C55H99O37P. The van der Waals surface area contributed by atoms with Crippen molar-refractivity contribution in [2.24, 2.45) is 0 Å². The number of hydrogen-bond acceptors (Lipinski definition) is 36. The number of hydrogen-bond donors (Lipinski definition) is 22. The number of carbonyl (C=O) groups excluding carboxylic acids is 1. The minimum atomic E-state index is -5.72. The zero-order valence-corrected chi connectivity index (χ0v) is 52.1. The molecule has 37 nitrogen and oxygen atoms in total. The Morgan fingerprint density at radius 3 is 1.05 bits per heavy atom. The average molecular weight is 1380 g/mol. The van der Waals surface area contributed by atoms with Crippen LogP contribution in [-0.2, 0) is 70.5 Å². The van der Waals surface area contributed by atoms with E-state index in [1.807, 2.05) is 0 Å². The smallest absolute Gasteiger partial charge is 0.463 e. The van der Waals surface area contributed by atoms with E-state index in [2.05, 4.69) is 6.92 Å². The highest BCUT2D eigenvalue weighted by Crippen LogP contribution is 2.49. The molecule has 0 amide bonds. The van der Waals surface area contributed by atoms with Crippen LogP contribution in [0.25, 0.3) is 0 Å². The lowest BCUT2D eigenvalue weighted by molar-refractivity contribution is -0.365. The summed E-state index contributed by atoms with van der Waals surface area (Å²) in [5, 5.41) is 224. The summed E-state index contributed by atoms with van der Waals surface area (Å²) in [5.41, 5.74) is 0. The van der Waals surface area contributed by atoms with Crippen molar-refractivity contribution >= 4 is 13.8 Å². The van der Waals surface area contributed by atoms with E-state index in [9.17, 15) is 121 Å². The molecule has 0 bridgehead atoms. The van der Waals surface area contributed by atoms with Gasteiger partial charge in [-0.25, -0.2) is 4.57 Å². The molecule has 6 fully saturated rings. The Hall–Kier alpha value is -1.66. The second-order valence-electron chi connectivity index (χ2n) is 24.3. The third kappa shape index (κ3) is 21.7. The number of ether oxygens (including phenoxy) is 11. The van der Waals surface area contributed by atoms with Crippen LogP contribution < -0.4 is 0 Å². The maximum atomic E-state index is 13.8. The van der Waals surface area contributed by atoms with Gasteiger partial charge in [0.1, 0.15) is 171 Å². The third-order valence-electron chi connectivity index (χ3n) is 17.2. The van der Waals surface area contributed by atoms with Gasteiger partial charge in [0.15, 0.2) is 31.5 Å². The molecule has 5 heterocycles. The normalized spacial score (nSPS) is 43.6. The summed E-state index contributed by atoms with van der Waals surface area (Å²) in [6, 6.07) is 0. The molecule has 5 aliphatic heterocycles. The Labute approximate surface area is 534 Å². The minimum Gasteiger partial charge on any atom is -0.463 e. The molecule has 6 rings (SSSR count). The summed E-state index contributed by atoms with van der Waals surface area (Å²) < 4.78 is 84.8. The predicted molar refractivity (Wildman–Crippen MR) is 301 cm³/mol. The van der Waals surface area contributed by atoms with Gasteiger partial charge in [0, 0.05) is 6.42 Å². The molecule has 0 spiro atoms. The van der Waals surface area contributed by atoms with Crippen LogP contribution in [0.3, 0.4) is 0 Å². The number of phosphoric acid groups is 1. The van der Waals surface area contributed by atoms with E-state index in [1.54, 1.807) is 0 Å². The maximum Gasteiger partial charge on any atom is 0.472 e. The quantitative estimate of drug-likeness (QED) is 0.0157. The Balaban J connectivity index is 1.08. The standard InChI is InChI=1S/C55H99O37P/c1-2-3-4-5-6-7-8-9-10-11-12-13-14-15-29(59)80-18-23(58)19-84-93(78,79)92-50-48(90-54-46(76)36(66)31(61)25(17-57)86-54)41(71)40(70)42(72)49(50)91-55-47(77)39(69)34(64)28(89-55)22-83-53-45(75)38(68)33(63)27(88-53)21-82-52-44(74)37(67)32(62)26(87-52)20-81-51-43(73)35(65)30(60)24(16-56)85-51/h23-28,30-58,60-77H,2-22H2,1H3,(H,78,79)/t23-,24?,25?,26?,27?,28?,30+,31-,32+,33+,34+,35?,36?,37?,38?,39?,40+,41?,42?,43+,44+,45+,46-,47+,48-,49?,50+,51-,52-,53-,54-,55+/m1/s1. The maximum absolute atomic E-state index is 13.8. The van der Waals surface area contributed by atoms with Crippen LogP contribution >= 0.6 is 7.82 Å². The Morgan fingerprint density at radius 2 is 0.688 bits per heavy atom. The van der Waals surface area contributed by atoms with Gasteiger partial charge in [0.2, 0.25) is 0 Å². The van der Waals surface area contributed by atoms with Crippen LogP contribution in [0.5, 0.6) is 0 Å². The first-order valence-electron chi connectivity index (χ1n) is 31.5. The first-order chi connectivity index (χ1) is 44.1. The zero-order chi connectivity index (χ0) is 68.6. The lowest BCUT2D eigenvalue weighted by Gasteiger charge is -2.49. The molecule has 0 aromatic rings. The summed E-state index contributed by atoms with van der Waals surface area (Å²) in [4.78, 5) is 23.6. The number of aliphatic hydroxyl groups is 21. The van der Waals surface area contributed by atoms with E-state index >= 15 is 0 Å². The van der Waals surface area contributed by atoms with Gasteiger partial charge >= 0.3 is 13.8 Å². The summed E-state index contributed by atoms with van der Waals surface area (Å²) in [7, 11) is -5.72. The molecule has 14 unspecified atom stereocenters. The highest BCUT2D eigenvalue weighted by Gasteiger charge is 2.59. The van der Waals surface area contributed by atoms with E-state index in [0.29, 0.717) is 6.42 Å². The van der Waals surface area contributed by atoms with Crippen molar-refractivity contribution in [1.82, 2.24) is 0 Å². The van der Waals surface area contributed by atoms with Gasteiger partial charge in [-0.1, -0.05) is 84.0 Å². The molecule has 0 aromatic heterocycles. The van der Waals surface area contributed by atoms with Crippen molar-refractivity contribution in [2.75, 3.05) is 46.2 Å². The van der Waals surface area contributed by atoms with Gasteiger partial charge in [-0.05, 0) is 6.42 Å². The average Bonchev–Trinajstić information content (AvgIpc) is 0.853. The van der Waals surface area contributed by atoms with Crippen LogP contribution in [-0.4, -0.2) is 361 Å². The van der Waals surface area contributed by atoms with Gasteiger partial charge in [-0.2, -0.15) is 0 Å². The second-order valence-corrected chi connectivity index (χ2v) is 25.7. The number of phosphoric ester groups is 1. The summed E-state index contributed by atoms with van der Waals surface area (Å²) in [6.07, 6.45) is -52.1. The van der Waals surface area contributed by atoms with Crippen LogP contribution in [0.4, 0.5) is 0 Å². The topological polar surface area (TPSA) is 599 Å². The fourth-order valence-corrected chi connectivity index (χ4v) is 12.3. The fraction of sp³-hybridized carbons (Fsp3) is 0.982. The monoisotopic (exact) mass is 1380 g/mol. The van der Waals surface area contributed by atoms with E-state index in [1.165, 1.54) is 44.9 Å². The van der Waals surface area contributed by atoms with E-state index in [0.717, 1.165) is 32.1 Å². The molecule has 0 aromatic carbocycles. The molecule has 33 atom stereocenters. The molecular weight excluding hydrogens is 1280 g/mol. The first kappa shape index (κ1) is 80.3. The molecule has 546 valence electrons. The fourth-order valence-electron chi connectivity index (χ4n) is 11.4. The number of aliphatic hydroxyl groups excluding tert-OH is 21. The molecule has 6 aliphatic rings. The van der Waals surface area contributed by atoms with Crippen molar-refractivity contribution in [3.63, 3.8) is 0 Å². The Kier molecular flexibility index (Phi) is 33.0. The number of unbranched alkanes of at least 4 members (excludes halogenated alkanes) is 12. The zero-order valence-electron chi connectivity index (χ0n) is 51.2. The van der Waals surface area contributed by atoms with Crippen molar-refractivity contribution in [2.45, 2.75) is 293 Å². The van der Waals surface area contributed by atoms with Crippen LogP contribution in [0, 0.1) is 0 Å². The SMILES string of the molecule is CCCCCCCCCCCCCCCC(=O)OC[C@@H](O)COP(=O)(O)O[C@@H]1C(O[C@@H]2OC(CO[C@@H]3OC(CO[C@@H]4OC(CO[C@@H]5OC(CO)[C@H](O)C(O)[C@@H]5O)[C@H](O)C(O)[C@@H]4O)[C@H](O)C(O)[C@@H]3O)[C@H](O)C(O)[C@@H]2O)C(O)[C@@H](O)C(O)[C@H]1O[C@H]1OC(CO)[C@@H](O)C(O)[C@H]1O. The summed E-state index contributed by atoms with van der Waals surface area (Å²) in [5.74, 6) is -0.690. The Morgan fingerprint density at radius 1 is 0.387 bits per heavy atom. The lowest BCUT2D eigenvalue weighted by atomic mass is 9.84. The molecule has 5 saturated heterocycles. The first-order valence-corrected chi connectivity index (χ1v) is 33.0. The lowest BCUT2D eigenvalue weighted by Crippen LogP contribution is -2.69. The number of esters is 1. The Bertz CT molecular complexity index is 2180. The molecule has 0 radical (unpaired) electrons. The second kappa shape index (κ2) is 38.2. The van der Waals surface area contributed by atoms with Crippen LogP contribution in [0.15, 0.2) is 0 Å². The number of carbonyl (C=O) groups is 1. The van der Waals surface area contributed by atoms with Gasteiger partial charge in [-0.15, -0.1) is 0 Å². The van der Waals surface area contributed by atoms with Crippen molar-refractivity contribution in [1.29, 1.82) is 0 Å². The highest BCUT2D eigenvalue weighted by molar-refractivity contribution is 7.47. The van der Waals surface area contributed by atoms with Crippen LogP contribution in [0.2, 0.25) is 0 Å². The van der Waals surface area contributed by atoms with Gasteiger partial charge in [0.25, 0.3) is 0 Å². The van der Waals surface area contributed by atoms with E-state index < -0.39 is 256 Å². The molecule has 93 heavy (non-hydrogen) atoms. The van der Waals surface area contributed by atoms with Crippen molar-refractivity contribution < 1.29 is 183 Å². The molecule has 1 aliphatic carbocycles. The van der Waals surface area contributed by atoms with E-state index in [-0.39, 0.29) is 6.42 Å². The molecule has 38 heteroatoms. The van der Waals surface area contributed by atoms with Crippen LogP contribution in [0.1, 0.15) is 96.8 Å². The van der Waals surface area contributed by atoms with E-state index in [4.69, 9.17) is 61.2 Å². The summed E-state index contributed by atoms with van der Waals surface area (Å²) >= 11 is 0. The predicted octanol–water partition coefficient (Wildman–Crippen LogP) is -9.19. The minimum absolute atomic E-state index is 0.00581. The number of rotatable bonds is 36. The van der Waals surface area contributed by atoms with Gasteiger partial charge in [0.05, 0.1) is 39.6 Å². The van der Waals surface area contributed by atoms with Crippen molar-refractivity contribution in [3.05, 3.63) is 0 Å². The summed E-state index contributed by atoms with van der Waals surface area (Å²) in [6.45, 7) is -4.14. The van der Waals surface area contributed by atoms with Gasteiger partial charge in [-0.3, -0.25) is 13.8 Å². The van der Waals surface area contributed by atoms with Gasteiger partial charge < -0.3 is 164 Å². The third-order valence-corrected chi connectivity index (χ3v) is 18.2. The largest absolute Gasteiger partial charge is 0.472 e. The molecule has 1 saturated carbocycles. The highest BCUT2D eigenvalue weighted by atomic mass is 31.2.